The molecule has 2 N–H and O–H groups in total. The molecule has 1 saturated heterocycles. The van der Waals surface area contributed by atoms with Crippen LogP contribution in [0.25, 0.3) is 22.8 Å². The molecule has 0 atom stereocenters. The summed E-state index contributed by atoms with van der Waals surface area (Å²) in [6.45, 7) is 4.42. The van der Waals surface area contributed by atoms with Crippen molar-refractivity contribution < 1.29 is 22.4 Å². The van der Waals surface area contributed by atoms with Crippen molar-refractivity contribution in [3.05, 3.63) is 59.8 Å². The maximum atomic E-state index is 13.5. The third-order valence-corrected chi connectivity index (χ3v) is 6.02. The summed E-state index contributed by atoms with van der Waals surface area (Å²) in [4.78, 5) is 24.1. The lowest BCUT2D eigenvalue weighted by molar-refractivity contribution is -0.137. The first-order valence-corrected chi connectivity index (χ1v) is 11.3. The fourth-order valence-corrected chi connectivity index (χ4v) is 3.94. The van der Waals surface area contributed by atoms with E-state index in [1.165, 1.54) is 12.1 Å². The number of carbonyl (C=O) groups is 1. The van der Waals surface area contributed by atoms with Gasteiger partial charge >= 0.3 is 6.18 Å². The van der Waals surface area contributed by atoms with Crippen LogP contribution in [-0.2, 0) is 6.18 Å². The fraction of sp³-hybridized carbons (Fsp3) is 0.360. The molecule has 0 spiro atoms. The molecular formula is C25H28F3N5O2. The van der Waals surface area contributed by atoms with Crippen LogP contribution >= 0.6 is 0 Å². The number of carbonyl (C=O) groups excluding carboxylic acids is 1. The molecule has 2 aromatic carbocycles. The third kappa shape index (κ3) is 5.66. The van der Waals surface area contributed by atoms with Crippen molar-refractivity contribution in [3.8, 4) is 22.8 Å². The standard InChI is InChI=1S/C25H28F3N5O2/c1-31(2)11-12-32-13-15-33(16-14-32)24(34)21-22(19-5-3-4-6-20(19)29)35-23(30-21)17-7-9-18(10-8-17)25(26,27)28/h3-10H,11-16,29H2,1-2H3. The molecule has 1 aliphatic heterocycles. The second kappa shape index (κ2) is 10.1. The summed E-state index contributed by atoms with van der Waals surface area (Å²) in [5, 5.41) is 0. The van der Waals surface area contributed by atoms with E-state index < -0.39 is 11.7 Å². The van der Waals surface area contributed by atoms with Crippen molar-refractivity contribution >= 4 is 11.6 Å². The van der Waals surface area contributed by atoms with E-state index in [2.05, 4.69) is 14.8 Å². The number of halogens is 3. The SMILES string of the molecule is CN(C)CCN1CCN(C(=O)c2nc(-c3ccc(C(F)(F)F)cc3)oc2-c2ccccc2N)CC1. The molecule has 0 saturated carbocycles. The molecule has 3 aromatic rings. The van der Waals surface area contributed by atoms with E-state index in [4.69, 9.17) is 10.2 Å². The van der Waals surface area contributed by atoms with Gasteiger partial charge < -0.3 is 20.0 Å². The Morgan fingerprint density at radius 2 is 1.71 bits per heavy atom. The van der Waals surface area contributed by atoms with Gasteiger partial charge in [0.25, 0.3) is 5.91 Å². The molecule has 2 heterocycles. The topological polar surface area (TPSA) is 78.8 Å². The number of nitrogens with two attached hydrogens (primary N) is 1. The number of rotatable bonds is 6. The van der Waals surface area contributed by atoms with Gasteiger partial charge in [-0.25, -0.2) is 4.98 Å². The first-order chi connectivity index (χ1) is 16.6. The van der Waals surface area contributed by atoms with E-state index in [-0.39, 0.29) is 23.3 Å². The van der Waals surface area contributed by atoms with E-state index in [1.807, 2.05) is 14.1 Å². The van der Waals surface area contributed by atoms with Crippen LogP contribution in [-0.4, -0.2) is 79.0 Å². The highest BCUT2D eigenvalue weighted by molar-refractivity contribution is 5.99. The monoisotopic (exact) mass is 487 g/mol. The van der Waals surface area contributed by atoms with Gasteiger partial charge in [-0.1, -0.05) is 12.1 Å². The summed E-state index contributed by atoms with van der Waals surface area (Å²) >= 11 is 0. The van der Waals surface area contributed by atoms with Crippen LogP contribution in [0.1, 0.15) is 16.1 Å². The largest absolute Gasteiger partial charge is 0.435 e. The maximum Gasteiger partial charge on any atom is 0.416 e. The van der Waals surface area contributed by atoms with Gasteiger partial charge in [0.15, 0.2) is 11.5 Å². The number of hydrogen-bond acceptors (Lipinski definition) is 6. The molecule has 0 radical (unpaired) electrons. The molecule has 1 aromatic heterocycles. The predicted molar refractivity (Wildman–Crippen MR) is 128 cm³/mol. The Labute approximate surface area is 201 Å². The highest BCUT2D eigenvalue weighted by atomic mass is 19.4. The minimum atomic E-state index is -4.45. The zero-order chi connectivity index (χ0) is 25.2. The second-order valence-electron chi connectivity index (χ2n) is 8.80. The van der Waals surface area contributed by atoms with Gasteiger partial charge in [0.2, 0.25) is 5.89 Å². The van der Waals surface area contributed by atoms with E-state index in [0.29, 0.717) is 29.9 Å². The summed E-state index contributed by atoms with van der Waals surface area (Å²) in [5.74, 6) is -0.0274. The summed E-state index contributed by atoms with van der Waals surface area (Å²) in [5.41, 5.74) is 6.71. The quantitative estimate of drug-likeness (QED) is 0.531. The molecule has 186 valence electrons. The number of piperazine rings is 1. The summed E-state index contributed by atoms with van der Waals surface area (Å²) < 4.78 is 44.9. The van der Waals surface area contributed by atoms with Crippen molar-refractivity contribution in [2.75, 3.05) is 59.1 Å². The van der Waals surface area contributed by atoms with Crippen LogP contribution in [0.15, 0.2) is 52.9 Å². The van der Waals surface area contributed by atoms with E-state index in [9.17, 15) is 18.0 Å². The first-order valence-electron chi connectivity index (χ1n) is 11.3. The van der Waals surface area contributed by atoms with Gasteiger partial charge in [0, 0.05) is 56.1 Å². The van der Waals surface area contributed by atoms with E-state index in [1.54, 1.807) is 29.2 Å². The van der Waals surface area contributed by atoms with Crippen molar-refractivity contribution in [1.82, 2.24) is 19.7 Å². The van der Waals surface area contributed by atoms with Crippen molar-refractivity contribution in [2.24, 2.45) is 0 Å². The Hall–Kier alpha value is -3.37. The van der Waals surface area contributed by atoms with Crippen molar-refractivity contribution in [3.63, 3.8) is 0 Å². The molecule has 1 fully saturated rings. The molecule has 10 heteroatoms. The van der Waals surface area contributed by atoms with E-state index >= 15 is 0 Å². The Morgan fingerprint density at radius 1 is 1.06 bits per heavy atom. The molecule has 0 unspecified atom stereocenters. The average Bonchev–Trinajstić information content (AvgIpc) is 3.27. The summed E-state index contributed by atoms with van der Waals surface area (Å²) in [6, 6.07) is 11.4. The molecule has 35 heavy (non-hydrogen) atoms. The van der Waals surface area contributed by atoms with Crippen LogP contribution in [0.5, 0.6) is 0 Å². The molecule has 7 nitrogen and oxygen atoms in total. The van der Waals surface area contributed by atoms with Gasteiger partial charge in [-0.05, 0) is 50.5 Å². The van der Waals surface area contributed by atoms with Gasteiger partial charge in [-0.15, -0.1) is 0 Å². The zero-order valence-electron chi connectivity index (χ0n) is 19.7. The number of para-hydroxylation sites is 1. The Kier molecular flexibility index (Phi) is 7.13. The highest BCUT2D eigenvalue weighted by Crippen LogP contribution is 2.35. The molecule has 1 amide bonds. The number of likely N-dealkylation sites (N-methyl/N-ethyl adjacent to an activating group) is 1. The minimum Gasteiger partial charge on any atom is -0.435 e. The van der Waals surface area contributed by atoms with Gasteiger partial charge in [-0.3, -0.25) is 9.69 Å². The van der Waals surface area contributed by atoms with Crippen LogP contribution in [0.4, 0.5) is 18.9 Å². The smallest absolute Gasteiger partial charge is 0.416 e. The average molecular weight is 488 g/mol. The van der Waals surface area contributed by atoms with Gasteiger partial charge in [0.1, 0.15) is 0 Å². The zero-order valence-corrected chi connectivity index (χ0v) is 19.7. The number of aromatic nitrogens is 1. The molecule has 0 bridgehead atoms. The molecule has 4 rings (SSSR count). The Bertz CT molecular complexity index is 1170. The fourth-order valence-electron chi connectivity index (χ4n) is 3.94. The summed E-state index contributed by atoms with van der Waals surface area (Å²) in [6.07, 6.45) is -4.45. The number of anilines is 1. The predicted octanol–water partition coefficient (Wildman–Crippen LogP) is 3.93. The minimum absolute atomic E-state index is 0.0601. The van der Waals surface area contributed by atoms with Gasteiger partial charge in [-0.2, -0.15) is 13.2 Å². The number of nitrogen functional groups attached to an aromatic ring is 1. The summed E-state index contributed by atoms with van der Waals surface area (Å²) in [7, 11) is 4.05. The molecular weight excluding hydrogens is 459 g/mol. The van der Waals surface area contributed by atoms with Crippen molar-refractivity contribution in [2.45, 2.75) is 6.18 Å². The molecule has 1 aliphatic rings. The number of hydrogen-bond donors (Lipinski definition) is 1. The van der Waals surface area contributed by atoms with Crippen LogP contribution in [0.3, 0.4) is 0 Å². The number of nitrogens with zero attached hydrogens (tertiary/aromatic N) is 4. The highest BCUT2D eigenvalue weighted by Gasteiger charge is 2.32. The van der Waals surface area contributed by atoms with Crippen molar-refractivity contribution in [1.29, 1.82) is 0 Å². The van der Waals surface area contributed by atoms with E-state index in [0.717, 1.165) is 38.3 Å². The Balaban J connectivity index is 1.63. The maximum absolute atomic E-state index is 13.5. The number of alkyl halides is 3. The number of oxazole rings is 1. The lowest BCUT2D eigenvalue weighted by Crippen LogP contribution is -2.50. The van der Waals surface area contributed by atoms with Crippen LogP contribution < -0.4 is 5.73 Å². The van der Waals surface area contributed by atoms with Crippen LogP contribution in [0.2, 0.25) is 0 Å². The van der Waals surface area contributed by atoms with Gasteiger partial charge in [0.05, 0.1) is 5.56 Å². The lowest BCUT2D eigenvalue weighted by Gasteiger charge is -2.34. The normalized spacial score (nSPS) is 15.1. The second-order valence-corrected chi connectivity index (χ2v) is 8.80. The first kappa shape index (κ1) is 24.7. The number of benzene rings is 2. The number of amides is 1. The molecule has 0 aliphatic carbocycles. The lowest BCUT2D eigenvalue weighted by atomic mass is 10.1. The van der Waals surface area contributed by atoms with Crippen LogP contribution in [0, 0.1) is 0 Å². The Morgan fingerprint density at radius 3 is 2.31 bits per heavy atom. The third-order valence-electron chi connectivity index (χ3n) is 6.02.